The van der Waals surface area contributed by atoms with Gasteiger partial charge >= 0.3 is 0 Å². The first-order chi connectivity index (χ1) is 9.88. The van der Waals surface area contributed by atoms with Gasteiger partial charge in [-0.25, -0.2) is 0 Å². The Hall–Kier alpha value is -1.88. The molecule has 0 heterocycles. The van der Waals surface area contributed by atoms with Gasteiger partial charge in [-0.3, -0.25) is 9.59 Å². The molecular formula is C16H24N2O3. The number of carbonyl (C=O) groups excluding carboxylic acids is 2. The van der Waals surface area contributed by atoms with Gasteiger partial charge in [-0.05, 0) is 30.0 Å². The Labute approximate surface area is 125 Å². The van der Waals surface area contributed by atoms with Crippen LogP contribution in [0.2, 0.25) is 0 Å². The van der Waals surface area contributed by atoms with Crippen molar-refractivity contribution in [1.82, 2.24) is 10.6 Å². The lowest BCUT2D eigenvalue weighted by Crippen LogP contribution is -2.32. The van der Waals surface area contributed by atoms with Crippen molar-refractivity contribution in [3.8, 4) is 0 Å². The van der Waals surface area contributed by atoms with E-state index in [2.05, 4.69) is 10.6 Å². The highest BCUT2D eigenvalue weighted by molar-refractivity contribution is 5.94. The molecular weight excluding hydrogens is 268 g/mol. The van der Waals surface area contributed by atoms with Crippen LogP contribution >= 0.6 is 0 Å². The van der Waals surface area contributed by atoms with Gasteiger partial charge in [0.15, 0.2) is 0 Å². The smallest absolute Gasteiger partial charge is 0.251 e. The first-order valence-corrected chi connectivity index (χ1v) is 7.18. The highest BCUT2D eigenvalue weighted by atomic mass is 16.3. The number of hydrogen-bond acceptors (Lipinski definition) is 3. The monoisotopic (exact) mass is 292 g/mol. The van der Waals surface area contributed by atoms with E-state index in [0.717, 1.165) is 5.56 Å². The highest BCUT2D eigenvalue weighted by Crippen LogP contribution is 2.06. The molecule has 1 unspecified atom stereocenters. The summed E-state index contributed by atoms with van der Waals surface area (Å²) in [4.78, 5) is 22.7. The molecule has 0 aliphatic heterocycles. The molecule has 5 nitrogen and oxygen atoms in total. The molecule has 21 heavy (non-hydrogen) atoms. The Morgan fingerprint density at radius 1 is 1.14 bits per heavy atom. The fraction of sp³-hybridized carbons (Fsp3) is 0.500. The zero-order valence-electron chi connectivity index (χ0n) is 12.8. The van der Waals surface area contributed by atoms with Gasteiger partial charge in [0.05, 0.1) is 6.10 Å². The summed E-state index contributed by atoms with van der Waals surface area (Å²) >= 11 is 0. The van der Waals surface area contributed by atoms with Crippen LogP contribution in [0.15, 0.2) is 24.3 Å². The molecule has 5 heteroatoms. The average molecular weight is 292 g/mol. The topological polar surface area (TPSA) is 78.4 Å². The summed E-state index contributed by atoms with van der Waals surface area (Å²) in [7, 11) is 0. The Bertz CT molecular complexity index is 469. The van der Waals surface area contributed by atoms with Gasteiger partial charge in [0.25, 0.3) is 5.91 Å². The molecule has 116 valence electrons. The van der Waals surface area contributed by atoms with Crippen molar-refractivity contribution < 1.29 is 14.7 Å². The lowest BCUT2D eigenvalue weighted by molar-refractivity contribution is -0.119. The summed E-state index contributed by atoms with van der Waals surface area (Å²) in [6, 6.07) is 7.02. The van der Waals surface area contributed by atoms with Crippen LogP contribution in [0.25, 0.3) is 0 Å². The molecule has 0 spiro atoms. The maximum atomic E-state index is 11.9. The van der Waals surface area contributed by atoms with E-state index in [1.54, 1.807) is 24.3 Å². The van der Waals surface area contributed by atoms with Crippen molar-refractivity contribution in [3.63, 3.8) is 0 Å². The third kappa shape index (κ3) is 6.90. The van der Waals surface area contributed by atoms with Crippen LogP contribution in [0.5, 0.6) is 0 Å². The molecule has 1 aromatic rings. The number of nitrogens with one attached hydrogen (secondary N) is 2. The van der Waals surface area contributed by atoms with Crippen LogP contribution in [-0.2, 0) is 11.3 Å². The SMILES string of the molecule is CC(=O)NCc1ccc(C(=O)NCC(O)CC(C)C)cc1. The number of aliphatic hydroxyl groups excluding tert-OH is 1. The van der Waals surface area contributed by atoms with E-state index in [4.69, 9.17) is 0 Å². The Morgan fingerprint density at radius 3 is 2.29 bits per heavy atom. The number of benzene rings is 1. The maximum Gasteiger partial charge on any atom is 0.251 e. The molecule has 0 fully saturated rings. The molecule has 0 bridgehead atoms. The van der Waals surface area contributed by atoms with Crippen LogP contribution < -0.4 is 10.6 Å². The van der Waals surface area contributed by atoms with Crippen molar-refractivity contribution in [1.29, 1.82) is 0 Å². The summed E-state index contributed by atoms with van der Waals surface area (Å²) in [5.74, 6) is 0.102. The van der Waals surface area contributed by atoms with Gasteiger partial charge in [0.1, 0.15) is 0 Å². The minimum Gasteiger partial charge on any atom is -0.391 e. The van der Waals surface area contributed by atoms with Crippen LogP contribution in [0.1, 0.15) is 43.1 Å². The minimum absolute atomic E-state index is 0.0871. The quantitative estimate of drug-likeness (QED) is 0.712. The lowest BCUT2D eigenvalue weighted by atomic mass is 10.1. The van der Waals surface area contributed by atoms with Gasteiger partial charge in [-0.2, -0.15) is 0 Å². The molecule has 0 saturated carbocycles. The second kappa shape index (κ2) is 8.42. The van der Waals surface area contributed by atoms with Gasteiger partial charge < -0.3 is 15.7 Å². The summed E-state index contributed by atoms with van der Waals surface area (Å²) in [6.07, 6.45) is 0.142. The van der Waals surface area contributed by atoms with E-state index in [1.807, 2.05) is 13.8 Å². The second-order valence-electron chi connectivity index (χ2n) is 5.60. The van der Waals surface area contributed by atoms with Crippen LogP contribution in [0.3, 0.4) is 0 Å². The molecule has 1 aromatic carbocycles. The van der Waals surface area contributed by atoms with Crippen LogP contribution in [0, 0.1) is 5.92 Å². The number of rotatable bonds is 7. The molecule has 1 rings (SSSR count). The predicted molar refractivity (Wildman–Crippen MR) is 81.8 cm³/mol. The van der Waals surface area contributed by atoms with Crippen molar-refractivity contribution >= 4 is 11.8 Å². The molecule has 3 N–H and O–H groups in total. The fourth-order valence-corrected chi connectivity index (χ4v) is 1.94. The van der Waals surface area contributed by atoms with E-state index in [1.165, 1.54) is 6.92 Å². The Morgan fingerprint density at radius 2 is 1.76 bits per heavy atom. The zero-order valence-corrected chi connectivity index (χ0v) is 12.8. The van der Waals surface area contributed by atoms with Gasteiger partial charge in [0, 0.05) is 25.6 Å². The third-order valence-electron chi connectivity index (χ3n) is 3.00. The maximum absolute atomic E-state index is 11.9. The van der Waals surface area contributed by atoms with E-state index < -0.39 is 6.10 Å². The van der Waals surface area contributed by atoms with Crippen LogP contribution in [0.4, 0.5) is 0 Å². The normalized spacial score (nSPS) is 12.0. The zero-order chi connectivity index (χ0) is 15.8. The summed E-state index contributed by atoms with van der Waals surface area (Å²) in [6.45, 7) is 6.22. The lowest BCUT2D eigenvalue weighted by Gasteiger charge is -2.14. The van der Waals surface area contributed by atoms with Gasteiger partial charge in [0.2, 0.25) is 5.91 Å². The Balaban J connectivity index is 2.45. The fourth-order valence-electron chi connectivity index (χ4n) is 1.94. The largest absolute Gasteiger partial charge is 0.391 e. The number of hydrogen-bond donors (Lipinski definition) is 3. The first kappa shape index (κ1) is 17.2. The number of carbonyl (C=O) groups is 2. The van der Waals surface area contributed by atoms with Crippen LogP contribution in [-0.4, -0.2) is 29.6 Å². The summed E-state index contributed by atoms with van der Waals surface area (Å²) in [5.41, 5.74) is 1.47. The standard InChI is InChI=1S/C16H24N2O3/c1-11(2)8-15(20)10-18-16(21)14-6-4-13(5-7-14)9-17-12(3)19/h4-7,11,15,20H,8-10H2,1-3H3,(H,17,19)(H,18,21). The first-order valence-electron chi connectivity index (χ1n) is 7.18. The molecule has 0 aliphatic carbocycles. The molecule has 2 amide bonds. The molecule has 0 radical (unpaired) electrons. The molecule has 0 aromatic heterocycles. The van der Waals surface area contributed by atoms with Crippen molar-refractivity contribution in [2.45, 2.75) is 39.8 Å². The molecule has 0 aliphatic rings. The number of amides is 2. The van der Waals surface area contributed by atoms with Crippen molar-refractivity contribution in [2.24, 2.45) is 5.92 Å². The summed E-state index contributed by atoms with van der Waals surface area (Å²) < 4.78 is 0. The van der Waals surface area contributed by atoms with E-state index in [-0.39, 0.29) is 18.4 Å². The minimum atomic E-state index is -0.520. The number of aliphatic hydroxyl groups is 1. The molecule has 0 saturated heterocycles. The third-order valence-corrected chi connectivity index (χ3v) is 3.00. The van der Waals surface area contributed by atoms with E-state index in [9.17, 15) is 14.7 Å². The average Bonchev–Trinajstić information content (AvgIpc) is 2.42. The predicted octanol–water partition coefficient (Wildman–Crippen LogP) is 1.46. The highest BCUT2D eigenvalue weighted by Gasteiger charge is 2.10. The Kier molecular flexibility index (Phi) is 6.88. The van der Waals surface area contributed by atoms with Gasteiger partial charge in [-0.15, -0.1) is 0 Å². The summed E-state index contributed by atoms with van der Waals surface area (Å²) in [5, 5.41) is 15.1. The van der Waals surface area contributed by atoms with E-state index in [0.29, 0.717) is 24.4 Å². The second-order valence-corrected chi connectivity index (χ2v) is 5.60. The van der Waals surface area contributed by atoms with E-state index >= 15 is 0 Å². The van der Waals surface area contributed by atoms with Gasteiger partial charge in [-0.1, -0.05) is 26.0 Å². The molecule has 1 atom stereocenters. The van der Waals surface area contributed by atoms with Crippen molar-refractivity contribution in [3.05, 3.63) is 35.4 Å². The van der Waals surface area contributed by atoms with Crippen molar-refractivity contribution in [2.75, 3.05) is 6.54 Å².